The van der Waals surface area contributed by atoms with E-state index in [0.29, 0.717) is 5.75 Å². The van der Waals surface area contributed by atoms with E-state index in [1.807, 2.05) is 6.07 Å². The quantitative estimate of drug-likeness (QED) is 0.0625. The number of hydrogen-bond donors (Lipinski definition) is 2. The topological polar surface area (TPSA) is 52.7 Å². The number of nitrogens with zero attached hydrogens (tertiary/aromatic N) is 2. The van der Waals surface area contributed by atoms with E-state index >= 15 is 0 Å². The van der Waals surface area contributed by atoms with Crippen molar-refractivity contribution in [3.05, 3.63) is 23.3 Å². The molecule has 3 N–H and O–H groups in total. The van der Waals surface area contributed by atoms with Gasteiger partial charge in [-0.05, 0) is 63.5 Å². The summed E-state index contributed by atoms with van der Waals surface area (Å²) in [4.78, 5) is 5.26. The van der Waals surface area contributed by atoms with Crippen molar-refractivity contribution in [2.75, 3.05) is 31.9 Å². The fraction of sp³-hybridized carbons (Fsp3) is 0.850. The van der Waals surface area contributed by atoms with E-state index in [0.717, 1.165) is 50.5 Å². The summed E-state index contributed by atoms with van der Waals surface area (Å²) in [5, 5.41) is 11.0. The SMILES string of the molecule is CCCCCCCCN(CCCCCCCC)Cc1cc(CN(CCCCCCCC)CCCCCCCC)c(O)cc1N. The lowest BCUT2D eigenvalue weighted by atomic mass is 10.0. The standard InChI is InChI=1S/C40H77N3O/c1-5-9-13-17-21-25-29-42(30-26-22-18-14-10-6-2)35-37-33-38(40(44)34-39(37)41)36-43(31-27-23-19-15-11-7-3)32-28-24-20-16-12-8-4/h33-34,44H,5-32,35-36,41H2,1-4H3. The summed E-state index contributed by atoms with van der Waals surface area (Å²) in [6, 6.07) is 4.08. The Morgan fingerprint density at radius 2 is 0.727 bits per heavy atom. The Kier molecular flexibility index (Phi) is 27.0. The van der Waals surface area contributed by atoms with Gasteiger partial charge in [-0.2, -0.15) is 0 Å². The van der Waals surface area contributed by atoms with E-state index in [4.69, 9.17) is 5.73 Å². The number of nitrogen functional groups attached to an aromatic ring is 1. The number of hydrogen-bond acceptors (Lipinski definition) is 4. The summed E-state index contributed by atoms with van der Waals surface area (Å²) in [5.74, 6) is 0.375. The molecule has 0 aliphatic rings. The molecular formula is C40H77N3O. The molecular weight excluding hydrogens is 538 g/mol. The van der Waals surface area contributed by atoms with Crippen LogP contribution >= 0.6 is 0 Å². The average molecular weight is 616 g/mol. The van der Waals surface area contributed by atoms with E-state index in [9.17, 15) is 5.11 Å². The van der Waals surface area contributed by atoms with Crippen LogP contribution in [0.15, 0.2) is 12.1 Å². The van der Waals surface area contributed by atoms with Crippen molar-refractivity contribution >= 4 is 5.69 Å². The second-order valence-corrected chi connectivity index (χ2v) is 13.8. The van der Waals surface area contributed by atoms with Gasteiger partial charge in [0.15, 0.2) is 0 Å². The average Bonchev–Trinajstić information content (AvgIpc) is 3.01. The van der Waals surface area contributed by atoms with Crippen molar-refractivity contribution in [3.63, 3.8) is 0 Å². The number of aromatic hydroxyl groups is 1. The molecule has 0 bridgehead atoms. The van der Waals surface area contributed by atoms with E-state index in [1.165, 1.54) is 160 Å². The summed E-state index contributed by atoms with van der Waals surface area (Å²) >= 11 is 0. The molecule has 0 aliphatic heterocycles. The molecule has 1 aromatic rings. The highest BCUT2D eigenvalue weighted by Crippen LogP contribution is 2.28. The Labute approximate surface area is 275 Å². The predicted molar refractivity (Wildman–Crippen MR) is 197 cm³/mol. The first-order chi connectivity index (χ1) is 21.5. The van der Waals surface area contributed by atoms with Gasteiger partial charge >= 0.3 is 0 Å². The number of anilines is 1. The predicted octanol–water partition coefficient (Wildman–Crippen LogP) is 12.0. The van der Waals surface area contributed by atoms with Gasteiger partial charge < -0.3 is 10.8 Å². The van der Waals surface area contributed by atoms with Gasteiger partial charge in [0.1, 0.15) is 5.75 Å². The highest BCUT2D eigenvalue weighted by Gasteiger charge is 2.15. The second-order valence-electron chi connectivity index (χ2n) is 13.8. The molecule has 0 radical (unpaired) electrons. The monoisotopic (exact) mass is 616 g/mol. The molecule has 0 amide bonds. The van der Waals surface area contributed by atoms with Crippen molar-refractivity contribution < 1.29 is 5.11 Å². The number of rotatable bonds is 32. The lowest BCUT2D eigenvalue weighted by Gasteiger charge is -2.26. The van der Waals surface area contributed by atoms with Crippen LogP contribution < -0.4 is 5.73 Å². The van der Waals surface area contributed by atoms with Gasteiger partial charge in [0.25, 0.3) is 0 Å². The van der Waals surface area contributed by atoms with Gasteiger partial charge in [-0.25, -0.2) is 0 Å². The third-order valence-electron chi connectivity index (χ3n) is 9.44. The van der Waals surface area contributed by atoms with Crippen LogP contribution in [-0.4, -0.2) is 41.1 Å². The maximum absolute atomic E-state index is 11.0. The minimum atomic E-state index is 0.375. The summed E-state index contributed by atoms with van der Waals surface area (Å²) in [6.07, 6.45) is 31.9. The summed E-state index contributed by atoms with van der Waals surface area (Å²) < 4.78 is 0. The van der Waals surface area contributed by atoms with Crippen LogP contribution in [0.5, 0.6) is 5.75 Å². The van der Waals surface area contributed by atoms with Crippen molar-refractivity contribution in [3.8, 4) is 5.75 Å². The van der Waals surface area contributed by atoms with Crippen LogP contribution in [0.25, 0.3) is 0 Å². The zero-order valence-electron chi connectivity index (χ0n) is 30.3. The zero-order valence-corrected chi connectivity index (χ0v) is 30.3. The van der Waals surface area contributed by atoms with Crippen LogP contribution in [0.2, 0.25) is 0 Å². The molecule has 4 nitrogen and oxygen atoms in total. The molecule has 0 saturated carbocycles. The largest absolute Gasteiger partial charge is 0.508 e. The Bertz CT molecular complexity index is 676. The molecule has 0 saturated heterocycles. The Hall–Kier alpha value is -1.26. The van der Waals surface area contributed by atoms with Crippen molar-refractivity contribution in [2.24, 2.45) is 0 Å². The van der Waals surface area contributed by atoms with Crippen molar-refractivity contribution in [2.45, 2.75) is 195 Å². The van der Waals surface area contributed by atoms with Crippen LogP contribution in [0.3, 0.4) is 0 Å². The Balaban J connectivity index is 2.86. The molecule has 44 heavy (non-hydrogen) atoms. The first-order valence-electron chi connectivity index (χ1n) is 19.6. The smallest absolute Gasteiger partial charge is 0.122 e. The lowest BCUT2D eigenvalue weighted by Crippen LogP contribution is -2.27. The molecule has 0 spiro atoms. The maximum atomic E-state index is 11.0. The summed E-state index contributed by atoms with van der Waals surface area (Å²) in [7, 11) is 0. The third kappa shape index (κ3) is 21.5. The van der Waals surface area contributed by atoms with Gasteiger partial charge in [0.05, 0.1) is 0 Å². The third-order valence-corrected chi connectivity index (χ3v) is 9.44. The van der Waals surface area contributed by atoms with E-state index in [2.05, 4.69) is 43.6 Å². The molecule has 0 atom stereocenters. The van der Waals surface area contributed by atoms with Gasteiger partial charge in [0.2, 0.25) is 0 Å². The first kappa shape index (κ1) is 40.8. The lowest BCUT2D eigenvalue weighted by molar-refractivity contribution is 0.246. The first-order valence-corrected chi connectivity index (χ1v) is 19.6. The molecule has 258 valence electrons. The summed E-state index contributed by atoms with van der Waals surface area (Å²) in [5.41, 5.74) is 9.58. The fourth-order valence-electron chi connectivity index (χ4n) is 6.45. The minimum absolute atomic E-state index is 0.375. The van der Waals surface area contributed by atoms with E-state index < -0.39 is 0 Å². The van der Waals surface area contributed by atoms with Crippen LogP contribution in [0.1, 0.15) is 193 Å². The van der Waals surface area contributed by atoms with E-state index in [-0.39, 0.29) is 0 Å². The number of unbranched alkanes of at least 4 members (excludes halogenated alkanes) is 20. The number of nitrogens with two attached hydrogens (primary N) is 1. The minimum Gasteiger partial charge on any atom is -0.508 e. The molecule has 0 heterocycles. The molecule has 4 heteroatoms. The zero-order chi connectivity index (χ0) is 32.1. The second kappa shape index (κ2) is 29.2. The number of benzene rings is 1. The normalized spacial score (nSPS) is 11.8. The molecule has 1 rings (SSSR count). The van der Waals surface area contributed by atoms with Crippen molar-refractivity contribution in [1.29, 1.82) is 0 Å². The summed E-state index contributed by atoms with van der Waals surface area (Å²) in [6.45, 7) is 15.5. The van der Waals surface area contributed by atoms with Gasteiger partial charge in [-0.1, -0.05) is 156 Å². The molecule has 0 unspecified atom stereocenters. The van der Waals surface area contributed by atoms with Crippen LogP contribution in [0, 0.1) is 0 Å². The number of phenolic OH excluding ortho intramolecular Hbond substituents is 1. The van der Waals surface area contributed by atoms with Gasteiger partial charge in [-0.3, -0.25) is 9.80 Å². The van der Waals surface area contributed by atoms with Gasteiger partial charge in [0, 0.05) is 30.4 Å². The van der Waals surface area contributed by atoms with Crippen LogP contribution in [0.4, 0.5) is 5.69 Å². The number of phenols is 1. The van der Waals surface area contributed by atoms with E-state index in [1.54, 1.807) is 0 Å². The Morgan fingerprint density at radius 3 is 1.07 bits per heavy atom. The molecule has 1 aromatic carbocycles. The molecule has 0 aromatic heterocycles. The maximum Gasteiger partial charge on any atom is 0.122 e. The van der Waals surface area contributed by atoms with Crippen molar-refractivity contribution in [1.82, 2.24) is 9.80 Å². The fourth-order valence-corrected chi connectivity index (χ4v) is 6.45. The van der Waals surface area contributed by atoms with Crippen LogP contribution in [-0.2, 0) is 13.1 Å². The Morgan fingerprint density at radius 1 is 0.432 bits per heavy atom. The molecule has 0 aliphatic carbocycles. The van der Waals surface area contributed by atoms with Gasteiger partial charge in [-0.15, -0.1) is 0 Å². The highest BCUT2D eigenvalue weighted by molar-refractivity contribution is 5.54. The molecule has 0 fully saturated rings. The highest BCUT2D eigenvalue weighted by atomic mass is 16.3.